The zero-order valence-electron chi connectivity index (χ0n) is 12.2. The van der Waals surface area contributed by atoms with Crippen molar-refractivity contribution >= 4 is 50.5 Å². The van der Waals surface area contributed by atoms with E-state index in [4.69, 9.17) is 34.8 Å². The minimum atomic E-state index is -3.67. The Labute approximate surface area is 154 Å². The lowest BCUT2D eigenvalue weighted by Crippen LogP contribution is -2.26. The van der Waals surface area contributed by atoms with Gasteiger partial charge in [0.2, 0.25) is 10.0 Å². The van der Waals surface area contributed by atoms with Gasteiger partial charge in [0, 0.05) is 25.4 Å². The summed E-state index contributed by atoms with van der Waals surface area (Å²) in [6, 6.07) is 7.89. The lowest BCUT2D eigenvalue weighted by Gasteiger charge is -2.07. The Morgan fingerprint density at radius 3 is 2.58 bits per heavy atom. The fraction of sp³-hybridized carbons (Fsp3) is 0.133. The van der Waals surface area contributed by atoms with E-state index in [9.17, 15) is 8.42 Å². The van der Waals surface area contributed by atoms with E-state index in [-0.39, 0.29) is 16.5 Å². The average molecular weight is 405 g/mol. The maximum Gasteiger partial charge on any atom is 0.242 e. The SMILES string of the molecule is O=S(=O)(NCCc1cn2cc(Cl)cc(Cl)c2n1)c1ccccc1Cl. The van der Waals surface area contributed by atoms with Crippen molar-refractivity contribution in [2.24, 2.45) is 0 Å². The molecule has 0 fully saturated rings. The topological polar surface area (TPSA) is 63.5 Å². The van der Waals surface area contributed by atoms with Gasteiger partial charge in [-0.1, -0.05) is 46.9 Å². The summed E-state index contributed by atoms with van der Waals surface area (Å²) in [5, 5.41) is 1.11. The lowest BCUT2D eigenvalue weighted by molar-refractivity contribution is 0.581. The highest BCUT2D eigenvalue weighted by Gasteiger charge is 2.17. The van der Waals surface area contributed by atoms with Crippen molar-refractivity contribution in [2.75, 3.05) is 6.54 Å². The maximum absolute atomic E-state index is 12.3. The van der Waals surface area contributed by atoms with E-state index in [0.717, 1.165) is 0 Å². The standard InChI is InChI=1S/C15H12Cl3N3O2S/c16-10-7-13(18)15-20-11(9-21(15)8-10)5-6-19-24(22,23)14-4-2-1-3-12(14)17/h1-4,7-9,19H,5-6H2. The first-order valence-electron chi connectivity index (χ1n) is 6.93. The number of aromatic nitrogens is 2. The van der Waals surface area contributed by atoms with Crippen LogP contribution in [-0.4, -0.2) is 24.3 Å². The largest absolute Gasteiger partial charge is 0.304 e. The molecule has 2 aromatic heterocycles. The van der Waals surface area contributed by atoms with Gasteiger partial charge in [0.1, 0.15) is 4.90 Å². The minimum absolute atomic E-state index is 0.0523. The highest BCUT2D eigenvalue weighted by molar-refractivity contribution is 7.89. The van der Waals surface area contributed by atoms with Crippen LogP contribution in [0.25, 0.3) is 5.65 Å². The van der Waals surface area contributed by atoms with Crippen LogP contribution < -0.4 is 4.72 Å². The first kappa shape index (κ1) is 17.5. The summed E-state index contributed by atoms with van der Waals surface area (Å²) in [5.74, 6) is 0. The third-order valence-corrected chi connectivity index (χ3v) is 5.77. The summed E-state index contributed by atoms with van der Waals surface area (Å²) in [6.07, 6.45) is 3.85. The number of rotatable bonds is 5. The van der Waals surface area contributed by atoms with Crippen molar-refractivity contribution in [3.05, 3.63) is 63.5 Å². The van der Waals surface area contributed by atoms with Gasteiger partial charge < -0.3 is 4.40 Å². The molecular weight excluding hydrogens is 393 g/mol. The Morgan fingerprint density at radius 2 is 1.83 bits per heavy atom. The number of hydrogen-bond donors (Lipinski definition) is 1. The van der Waals surface area contributed by atoms with E-state index in [2.05, 4.69) is 9.71 Å². The van der Waals surface area contributed by atoms with Crippen LogP contribution in [0.5, 0.6) is 0 Å². The summed E-state index contributed by atoms with van der Waals surface area (Å²) >= 11 is 18.0. The molecule has 1 N–H and O–H groups in total. The van der Waals surface area contributed by atoms with Gasteiger partial charge in [-0.2, -0.15) is 0 Å². The van der Waals surface area contributed by atoms with Gasteiger partial charge in [-0.3, -0.25) is 0 Å². The van der Waals surface area contributed by atoms with E-state index in [0.29, 0.717) is 27.8 Å². The highest BCUT2D eigenvalue weighted by Crippen LogP contribution is 2.22. The van der Waals surface area contributed by atoms with Crippen molar-refractivity contribution in [1.29, 1.82) is 0 Å². The second-order valence-electron chi connectivity index (χ2n) is 5.05. The van der Waals surface area contributed by atoms with Gasteiger partial charge in [-0.05, 0) is 18.2 Å². The number of halogens is 3. The van der Waals surface area contributed by atoms with E-state index in [1.54, 1.807) is 35.0 Å². The van der Waals surface area contributed by atoms with Gasteiger partial charge >= 0.3 is 0 Å². The van der Waals surface area contributed by atoms with Gasteiger partial charge in [0.05, 0.1) is 20.8 Å². The van der Waals surface area contributed by atoms with E-state index in [1.807, 2.05) is 0 Å². The Balaban J connectivity index is 1.73. The molecule has 0 atom stereocenters. The molecule has 0 aliphatic carbocycles. The number of nitrogens with zero attached hydrogens (tertiary/aromatic N) is 2. The molecule has 2 heterocycles. The maximum atomic E-state index is 12.3. The van der Waals surface area contributed by atoms with Crippen LogP contribution in [0.3, 0.4) is 0 Å². The second-order valence-corrected chi connectivity index (χ2v) is 8.03. The van der Waals surface area contributed by atoms with Crippen molar-refractivity contribution < 1.29 is 8.42 Å². The van der Waals surface area contributed by atoms with Crippen LogP contribution in [0.4, 0.5) is 0 Å². The molecule has 5 nitrogen and oxygen atoms in total. The fourth-order valence-corrected chi connectivity index (χ4v) is 4.33. The Bertz CT molecular complexity index is 1000. The number of fused-ring (bicyclic) bond motifs is 1. The summed E-state index contributed by atoms with van der Waals surface area (Å²) in [5.41, 5.74) is 1.27. The molecule has 0 spiro atoms. The van der Waals surface area contributed by atoms with Gasteiger partial charge in [0.15, 0.2) is 5.65 Å². The predicted molar refractivity (Wildman–Crippen MR) is 95.6 cm³/mol. The Kier molecular flexibility index (Phi) is 5.03. The molecule has 1 aromatic carbocycles. The summed E-state index contributed by atoms with van der Waals surface area (Å²) in [7, 11) is -3.67. The average Bonchev–Trinajstić information content (AvgIpc) is 2.90. The van der Waals surface area contributed by atoms with E-state index in [1.165, 1.54) is 12.1 Å². The van der Waals surface area contributed by atoms with Gasteiger partial charge in [0.25, 0.3) is 0 Å². The zero-order chi connectivity index (χ0) is 17.3. The molecule has 0 amide bonds. The molecule has 0 saturated heterocycles. The van der Waals surface area contributed by atoms with Crippen molar-refractivity contribution in [1.82, 2.24) is 14.1 Å². The molecule has 24 heavy (non-hydrogen) atoms. The van der Waals surface area contributed by atoms with E-state index < -0.39 is 10.0 Å². The quantitative estimate of drug-likeness (QED) is 0.703. The monoisotopic (exact) mass is 403 g/mol. The smallest absolute Gasteiger partial charge is 0.242 e. The Morgan fingerprint density at radius 1 is 1.08 bits per heavy atom. The molecule has 3 aromatic rings. The molecule has 0 saturated carbocycles. The number of hydrogen-bond acceptors (Lipinski definition) is 3. The molecule has 0 aliphatic rings. The summed E-state index contributed by atoms with van der Waals surface area (Å²) in [4.78, 5) is 4.43. The number of nitrogens with one attached hydrogen (secondary N) is 1. The molecule has 0 unspecified atom stereocenters. The fourth-order valence-electron chi connectivity index (χ4n) is 2.25. The van der Waals surface area contributed by atoms with Crippen LogP contribution in [0.15, 0.2) is 47.6 Å². The first-order chi connectivity index (χ1) is 11.4. The second kappa shape index (κ2) is 6.90. The zero-order valence-corrected chi connectivity index (χ0v) is 15.3. The lowest BCUT2D eigenvalue weighted by atomic mass is 10.3. The van der Waals surface area contributed by atoms with Gasteiger partial charge in [-0.15, -0.1) is 0 Å². The predicted octanol–water partition coefficient (Wildman–Crippen LogP) is 3.82. The Hall–Kier alpha value is -1.31. The molecule has 3 rings (SSSR count). The molecule has 9 heteroatoms. The number of sulfonamides is 1. The number of imidazole rings is 1. The third-order valence-electron chi connectivity index (χ3n) is 3.32. The van der Waals surface area contributed by atoms with Crippen molar-refractivity contribution in [2.45, 2.75) is 11.3 Å². The molecule has 0 aliphatic heterocycles. The third kappa shape index (κ3) is 3.68. The molecule has 0 bridgehead atoms. The molecular formula is C15H12Cl3N3O2S. The van der Waals surface area contributed by atoms with Crippen LogP contribution >= 0.6 is 34.8 Å². The van der Waals surface area contributed by atoms with Crippen LogP contribution in [0.2, 0.25) is 15.1 Å². The van der Waals surface area contributed by atoms with Crippen LogP contribution in [0.1, 0.15) is 5.69 Å². The van der Waals surface area contributed by atoms with E-state index >= 15 is 0 Å². The number of pyridine rings is 1. The molecule has 0 radical (unpaired) electrons. The van der Waals surface area contributed by atoms with Crippen LogP contribution in [-0.2, 0) is 16.4 Å². The summed E-state index contributed by atoms with van der Waals surface area (Å²) < 4.78 is 28.7. The van der Waals surface area contributed by atoms with Crippen molar-refractivity contribution in [3.8, 4) is 0 Å². The van der Waals surface area contributed by atoms with Crippen LogP contribution in [0, 0.1) is 0 Å². The normalized spacial score (nSPS) is 12.0. The number of benzene rings is 1. The van der Waals surface area contributed by atoms with Gasteiger partial charge in [-0.25, -0.2) is 18.1 Å². The molecule has 126 valence electrons. The highest BCUT2D eigenvalue weighted by atomic mass is 35.5. The summed E-state index contributed by atoms with van der Waals surface area (Å²) in [6.45, 7) is 0.183. The minimum Gasteiger partial charge on any atom is -0.304 e. The van der Waals surface area contributed by atoms with Crippen molar-refractivity contribution in [3.63, 3.8) is 0 Å². The first-order valence-corrected chi connectivity index (χ1v) is 9.55.